The SMILES string of the molecule is CN1C(=O)C(CC(=O)N2CCCCC2)Sc2ncccc21. The number of anilines is 1. The second-order valence-electron chi connectivity index (χ2n) is 5.48. The molecular formula is C15H19N3O2S. The molecule has 1 aromatic heterocycles. The van der Waals surface area contributed by atoms with E-state index in [4.69, 9.17) is 0 Å². The van der Waals surface area contributed by atoms with Crippen LogP contribution in [0, 0.1) is 0 Å². The molecule has 0 aliphatic carbocycles. The summed E-state index contributed by atoms with van der Waals surface area (Å²) in [5.41, 5.74) is 0.828. The molecule has 1 fully saturated rings. The highest BCUT2D eigenvalue weighted by atomic mass is 32.2. The summed E-state index contributed by atoms with van der Waals surface area (Å²) in [5, 5.41) is 0.475. The van der Waals surface area contributed by atoms with Crippen LogP contribution >= 0.6 is 11.8 Å². The Hall–Kier alpha value is -1.56. The number of nitrogens with zero attached hydrogens (tertiary/aromatic N) is 3. The molecule has 112 valence electrons. The van der Waals surface area contributed by atoms with Crippen LogP contribution in [0.4, 0.5) is 5.69 Å². The number of pyridine rings is 1. The smallest absolute Gasteiger partial charge is 0.240 e. The number of rotatable bonds is 2. The molecule has 1 aromatic rings. The van der Waals surface area contributed by atoms with Crippen LogP contribution in [0.15, 0.2) is 23.4 Å². The summed E-state index contributed by atoms with van der Waals surface area (Å²) >= 11 is 1.41. The van der Waals surface area contributed by atoms with E-state index in [2.05, 4.69) is 4.98 Å². The first kappa shape index (κ1) is 14.4. The summed E-state index contributed by atoms with van der Waals surface area (Å²) in [6.07, 6.45) is 5.33. The first-order valence-electron chi connectivity index (χ1n) is 7.34. The molecule has 0 spiro atoms. The van der Waals surface area contributed by atoms with E-state index < -0.39 is 0 Å². The van der Waals surface area contributed by atoms with Crippen molar-refractivity contribution in [2.24, 2.45) is 0 Å². The fourth-order valence-corrected chi connectivity index (χ4v) is 4.01. The van der Waals surface area contributed by atoms with Gasteiger partial charge in [-0.1, -0.05) is 11.8 Å². The van der Waals surface area contributed by atoms with E-state index >= 15 is 0 Å². The van der Waals surface area contributed by atoms with Crippen molar-refractivity contribution < 1.29 is 9.59 Å². The fraction of sp³-hybridized carbons (Fsp3) is 0.533. The van der Waals surface area contributed by atoms with Gasteiger partial charge in [-0.2, -0.15) is 0 Å². The predicted octanol–water partition coefficient (Wildman–Crippen LogP) is 1.92. The summed E-state index contributed by atoms with van der Waals surface area (Å²) in [7, 11) is 1.75. The summed E-state index contributed by atoms with van der Waals surface area (Å²) < 4.78 is 0. The third-order valence-electron chi connectivity index (χ3n) is 4.04. The Morgan fingerprint density at radius 1 is 1.38 bits per heavy atom. The number of amides is 2. The standard InChI is InChI=1S/C15H19N3O2S/c1-17-11-6-5-7-16-14(11)21-12(15(17)20)10-13(19)18-8-3-2-4-9-18/h5-7,12H,2-4,8-10H2,1H3. The van der Waals surface area contributed by atoms with Gasteiger partial charge in [0.15, 0.2) is 0 Å². The third-order valence-corrected chi connectivity index (χ3v) is 5.23. The van der Waals surface area contributed by atoms with Crippen LogP contribution in [0.3, 0.4) is 0 Å². The highest BCUT2D eigenvalue weighted by molar-refractivity contribution is 8.00. The Morgan fingerprint density at radius 2 is 2.14 bits per heavy atom. The van der Waals surface area contributed by atoms with Crippen LogP contribution in [0.2, 0.25) is 0 Å². The lowest BCUT2D eigenvalue weighted by molar-refractivity contribution is -0.133. The van der Waals surface area contributed by atoms with Gasteiger partial charge in [0.25, 0.3) is 0 Å². The molecule has 2 aliphatic rings. The molecule has 0 radical (unpaired) electrons. The van der Waals surface area contributed by atoms with Crippen molar-refractivity contribution in [3.05, 3.63) is 18.3 Å². The molecule has 2 amide bonds. The lowest BCUT2D eigenvalue weighted by atomic mass is 10.1. The number of thioether (sulfide) groups is 1. The quantitative estimate of drug-likeness (QED) is 0.838. The van der Waals surface area contributed by atoms with Gasteiger partial charge < -0.3 is 9.80 Å². The predicted molar refractivity (Wildman–Crippen MR) is 82.3 cm³/mol. The number of hydrogen-bond donors (Lipinski definition) is 0. The van der Waals surface area contributed by atoms with Crippen molar-refractivity contribution >= 4 is 29.3 Å². The number of carbonyl (C=O) groups excluding carboxylic acids is 2. The number of fused-ring (bicyclic) bond motifs is 1. The largest absolute Gasteiger partial charge is 0.343 e. The van der Waals surface area contributed by atoms with Crippen molar-refractivity contribution in [1.82, 2.24) is 9.88 Å². The topological polar surface area (TPSA) is 53.5 Å². The number of piperidine rings is 1. The maximum Gasteiger partial charge on any atom is 0.240 e. The first-order chi connectivity index (χ1) is 10.2. The van der Waals surface area contributed by atoms with Gasteiger partial charge in [0.1, 0.15) is 5.03 Å². The van der Waals surface area contributed by atoms with Gasteiger partial charge >= 0.3 is 0 Å². The minimum atomic E-state index is -0.355. The molecule has 1 unspecified atom stereocenters. The molecule has 0 saturated carbocycles. The van der Waals surface area contributed by atoms with Crippen molar-refractivity contribution in [3.8, 4) is 0 Å². The zero-order valence-corrected chi connectivity index (χ0v) is 12.9. The molecule has 0 bridgehead atoms. The van der Waals surface area contributed by atoms with E-state index in [9.17, 15) is 9.59 Å². The highest BCUT2D eigenvalue weighted by Crippen LogP contribution is 2.38. The minimum Gasteiger partial charge on any atom is -0.343 e. The Labute approximate surface area is 128 Å². The van der Waals surface area contributed by atoms with Crippen LogP contribution in [-0.2, 0) is 9.59 Å². The van der Waals surface area contributed by atoms with E-state index in [0.717, 1.165) is 36.6 Å². The van der Waals surface area contributed by atoms with E-state index in [1.165, 1.54) is 18.2 Å². The molecule has 3 rings (SSSR count). The second kappa shape index (κ2) is 6.05. The summed E-state index contributed by atoms with van der Waals surface area (Å²) in [6, 6.07) is 3.71. The van der Waals surface area contributed by atoms with Crippen LogP contribution < -0.4 is 4.90 Å². The third kappa shape index (κ3) is 2.90. The molecule has 0 N–H and O–H groups in total. The zero-order valence-electron chi connectivity index (χ0n) is 12.1. The molecule has 0 aromatic carbocycles. The fourth-order valence-electron chi connectivity index (χ4n) is 2.81. The van der Waals surface area contributed by atoms with E-state index in [1.54, 1.807) is 18.1 Å². The number of likely N-dealkylation sites (tertiary alicyclic amines) is 1. The summed E-state index contributed by atoms with van der Waals surface area (Å²) in [5.74, 6) is 0.0826. The Balaban J connectivity index is 1.71. The van der Waals surface area contributed by atoms with Crippen LogP contribution in [0.1, 0.15) is 25.7 Å². The van der Waals surface area contributed by atoms with Gasteiger partial charge in [-0.3, -0.25) is 9.59 Å². The van der Waals surface area contributed by atoms with E-state index in [0.29, 0.717) is 0 Å². The van der Waals surface area contributed by atoms with Crippen LogP contribution in [0.25, 0.3) is 0 Å². The molecule has 2 aliphatic heterocycles. The Morgan fingerprint density at radius 3 is 2.90 bits per heavy atom. The van der Waals surface area contributed by atoms with Crippen molar-refractivity contribution in [1.29, 1.82) is 0 Å². The van der Waals surface area contributed by atoms with Gasteiger partial charge in [-0.15, -0.1) is 0 Å². The van der Waals surface area contributed by atoms with Gasteiger partial charge in [-0.25, -0.2) is 4.98 Å². The highest BCUT2D eigenvalue weighted by Gasteiger charge is 2.34. The lowest BCUT2D eigenvalue weighted by Crippen LogP contribution is -2.43. The normalized spacial score (nSPS) is 22.1. The lowest BCUT2D eigenvalue weighted by Gasteiger charge is -2.32. The second-order valence-corrected chi connectivity index (χ2v) is 6.67. The van der Waals surface area contributed by atoms with E-state index in [-0.39, 0.29) is 23.5 Å². The van der Waals surface area contributed by atoms with Gasteiger partial charge in [-0.05, 0) is 31.4 Å². The van der Waals surface area contributed by atoms with Crippen molar-refractivity contribution in [2.75, 3.05) is 25.0 Å². The average Bonchev–Trinajstić information content (AvgIpc) is 2.53. The van der Waals surface area contributed by atoms with Crippen molar-refractivity contribution in [3.63, 3.8) is 0 Å². The van der Waals surface area contributed by atoms with Gasteiger partial charge in [0.2, 0.25) is 11.8 Å². The summed E-state index contributed by atoms with van der Waals surface area (Å²) in [4.78, 5) is 32.6. The molecule has 6 heteroatoms. The molecule has 3 heterocycles. The number of aromatic nitrogens is 1. The van der Waals surface area contributed by atoms with E-state index in [1.807, 2.05) is 17.0 Å². The maximum absolute atomic E-state index is 12.4. The van der Waals surface area contributed by atoms with Gasteiger partial charge in [0.05, 0.1) is 10.9 Å². The minimum absolute atomic E-state index is 0.00846. The zero-order chi connectivity index (χ0) is 14.8. The monoisotopic (exact) mass is 305 g/mol. The Bertz CT molecular complexity index is 558. The number of carbonyl (C=O) groups is 2. The maximum atomic E-state index is 12.4. The van der Waals surface area contributed by atoms with Gasteiger partial charge in [0, 0.05) is 32.8 Å². The summed E-state index contributed by atoms with van der Waals surface area (Å²) in [6.45, 7) is 1.66. The van der Waals surface area contributed by atoms with Crippen LogP contribution in [0.5, 0.6) is 0 Å². The molecular weight excluding hydrogens is 286 g/mol. The molecule has 1 saturated heterocycles. The first-order valence-corrected chi connectivity index (χ1v) is 8.22. The Kier molecular flexibility index (Phi) is 4.14. The molecule has 21 heavy (non-hydrogen) atoms. The number of hydrogen-bond acceptors (Lipinski definition) is 4. The molecule has 5 nitrogen and oxygen atoms in total. The molecule has 1 atom stereocenters. The average molecular weight is 305 g/mol. The van der Waals surface area contributed by atoms with Crippen molar-refractivity contribution in [2.45, 2.75) is 36.0 Å². The van der Waals surface area contributed by atoms with Crippen LogP contribution in [-0.4, -0.2) is 47.1 Å².